The van der Waals surface area contributed by atoms with E-state index in [1.807, 2.05) is 6.07 Å². The number of hydrogen-bond acceptors (Lipinski definition) is 4. The van der Waals surface area contributed by atoms with Crippen molar-refractivity contribution in [1.29, 1.82) is 0 Å². The Hall–Kier alpha value is -1.33. The highest BCUT2D eigenvalue weighted by Gasteiger charge is 2.14. The van der Waals surface area contributed by atoms with Crippen LogP contribution in [0.1, 0.15) is 13.8 Å². The number of ether oxygens (including phenoxy) is 2. The van der Waals surface area contributed by atoms with E-state index in [1.165, 1.54) is 6.07 Å². The van der Waals surface area contributed by atoms with Gasteiger partial charge in [-0.2, -0.15) is 0 Å². The maximum absolute atomic E-state index is 14.1. The fourth-order valence-electron chi connectivity index (χ4n) is 2.28. The molecule has 0 spiro atoms. The third kappa shape index (κ3) is 5.17. The van der Waals surface area contributed by atoms with Crippen molar-refractivity contribution < 1.29 is 13.9 Å². The van der Waals surface area contributed by atoms with Crippen LogP contribution in [-0.2, 0) is 4.74 Å². The Balaban J connectivity index is 1.81. The second kappa shape index (κ2) is 8.20. The van der Waals surface area contributed by atoms with Gasteiger partial charge >= 0.3 is 0 Å². The molecule has 118 valence electrons. The van der Waals surface area contributed by atoms with E-state index < -0.39 is 0 Å². The summed E-state index contributed by atoms with van der Waals surface area (Å²) in [7, 11) is 0. The summed E-state index contributed by atoms with van der Waals surface area (Å²) in [4.78, 5) is 2.06. The number of nitrogens with one attached hydrogen (secondary N) is 1. The summed E-state index contributed by atoms with van der Waals surface area (Å²) >= 11 is 0. The summed E-state index contributed by atoms with van der Waals surface area (Å²) in [5, 5.41) is 3.26. The van der Waals surface area contributed by atoms with Crippen LogP contribution >= 0.6 is 0 Å². The van der Waals surface area contributed by atoms with E-state index in [2.05, 4.69) is 24.1 Å². The quantitative estimate of drug-likeness (QED) is 0.783. The Labute approximate surface area is 126 Å². The van der Waals surface area contributed by atoms with E-state index in [1.54, 1.807) is 6.07 Å². The van der Waals surface area contributed by atoms with Gasteiger partial charge in [-0.3, -0.25) is 0 Å². The Morgan fingerprint density at radius 3 is 2.67 bits per heavy atom. The Morgan fingerprint density at radius 1 is 1.24 bits per heavy atom. The van der Waals surface area contributed by atoms with Crippen LogP contribution in [0.3, 0.4) is 0 Å². The topological polar surface area (TPSA) is 33.7 Å². The van der Waals surface area contributed by atoms with E-state index in [0.29, 0.717) is 30.6 Å². The normalized spacial score (nSPS) is 15.5. The number of benzene rings is 1. The monoisotopic (exact) mass is 296 g/mol. The zero-order chi connectivity index (χ0) is 15.1. The van der Waals surface area contributed by atoms with Crippen LogP contribution in [0.5, 0.6) is 5.75 Å². The molecule has 1 aromatic carbocycles. The molecule has 1 aliphatic rings. The van der Waals surface area contributed by atoms with Gasteiger partial charge in [0.1, 0.15) is 18.2 Å². The summed E-state index contributed by atoms with van der Waals surface area (Å²) in [6.45, 7) is 9.35. The van der Waals surface area contributed by atoms with Crippen molar-refractivity contribution in [1.82, 2.24) is 5.32 Å². The molecule has 21 heavy (non-hydrogen) atoms. The highest BCUT2D eigenvalue weighted by molar-refractivity contribution is 5.51. The SMILES string of the molecule is CC(C)COCCOc1ccc(N2CCNCC2)c(F)c1. The van der Waals surface area contributed by atoms with E-state index in [4.69, 9.17) is 9.47 Å². The highest BCUT2D eigenvalue weighted by Crippen LogP contribution is 2.24. The molecule has 5 heteroatoms. The number of nitrogens with zero attached hydrogens (tertiary/aromatic N) is 1. The lowest BCUT2D eigenvalue weighted by Crippen LogP contribution is -2.43. The van der Waals surface area contributed by atoms with Gasteiger partial charge in [0.25, 0.3) is 0 Å². The van der Waals surface area contributed by atoms with Crippen LogP contribution in [0.4, 0.5) is 10.1 Å². The zero-order valence-corrected chi connectivity index (χ0v) is 12.9. The van der Waals surface area contributed by atoms with Gasteiger partial charge in [-0.05, 0) is 18.1 Å². The van der Waals surface area contributed by atoms with Crippen molar-refractivity contribution in [2.75, 3.05) is 50.9 Å². The first-order valence-corrected chi connectivity index (χ1v) is 7.62. The van der Waals surface area contributed by atoms with Crippen molar-refractivity contribution in [3.05, 3.63) is 24.0 Å². The van der Waals surface area contributed by atoms with Crippen LogP contribution in [0.2, 0.25) is 0 Å². The van der Waals surface area contributed by atoms with Crippen molar-refractivity contribution in [3.63, 3.8) is 0 Å². The van der Waals surface area contributed by atoms with E-state index in [9.17, 15) is 4.39 Å². The summed E-state index contributed by atoms with van der Waals surface area (Å²) in [5.41, 5.74) is 0.653. The molecule has 0 aromatic heterocycles. The first-order chi connectivity index (χ1) is 10.2. The molecular weight excluding hydrogens is 271 g/mol. The second-order valence-corrected chi connectivity index (χ2v) is 5.67. The maximum Gasteiger partial charge on any atom is 0.150 e. The highest BCUT2D eigenvalue weighted by atomic mass is 19.1. The van der Waals surface area contributed by atoms with Gasteiger partial charge in [0, 0.05) is 38.9 Å². The maximum atomic E-state index is 14.1. The Morgan fingerprint density at radius 2 is 2.00 bits per heavy atom. The molecule has 0 atom stereocenters. The number of hydrogen-bond donors (Lipinski definition) is 1. The molecule has 0 saturated carbocycles. The van der Waals surface area contributed by atoms with Gasteiger partial charge in [-0.1, -0.05) is 13.8 Å². The summed E-state index contributed by atoms with van der Waals surface area (Å²) < 4.78 is 25.1. The summed E-state index contributed by atoms with van der Waals surface area (Å²) in [6.07, 6.45) is 0. The van der Waals surface area contributed by atoms with Gasteiger partial charge in [0.05, 0.1) is 12.3 Å². The minimum absolute atomic E-state index is 0.225. The minimum atomic E-state index is -0.225. The molecule has 0 unspecified atom stereocenters. The average molecular weight is 296 g/mol. The molecule has 1 N–H and O–H groups in total. The van der Waals surface area contributed by atoms with Gasteiger partial charge in [-0.15, -0.1) is 0 Å². The number of anilines is 1. The van der Waals surface area contributed by atoms with Gasteiger partial charge in [-0.25, -0.2) is 4.39 Å². The molecule has 1 heterocycles. The van der Waals surface area contributed by atoms with Crippen LogP contribution in [0, 0.1) is 11.7 Å². The molecule has 1 saturated heterocycles. The minimum Gasteiger partial charge on any atom is -0.491 e. The van der Waals surface area contributed by atoms with Crippen molar-refractivity contribution in [3.8, 4) is 5.75 Å². The molecule has 4 nitrogen and oxygen atoms in total. The molecule has 1 aliphatic heterocycles. The van der Waals surface area contributed by atoms with E-state index >= 15 is 0 Å². The smallest absolute Gasteiger partial charge is 0.150 e. The molecule has 0 radical (unpaired) electrons. The molecule has 1 aromatic rings. The molecule has 0 amide bonds. The molecule has 0 bridgehead atoms. The van der Waals surface area contributed by atoms with Crippen molar-refractivity contribution >= 4 is 5.69 Å². The molecule has 2 rings (SSSR count). The second-order valence-electron chi connectivity index (χ2n) is 5.67. The lowest BCUT2D eigenvalue weighted by atomic mass is 10.2. The fraction of sp³-hybridized carbons (Fsp3) is 0.625. The average Bonchev–Trinajstić information content (AvgIpc) is 2.47. The third-order valence-electron chi connectivity index (χ3n) is 3.32. The van der Waals surface area contributed by atoms with E-state index in [0.717, 1.165) is 32.8 Å². The van der Waals surface area contributed by atoms with E-state index in [-0.39, 0.29) is 5.82 Å². The molecular formula is C16H25FN2O2. The number of piperazine rings is 1. The van der Waals surface area contributed by atoms with Crippen molar-refractivity contribution in [2.45, 2.75) is 13.8 Å². The first kappa shape index (κ1) is 16.0. The number of rotatable bonds is 7. The lowest BCUT2D eigenvalue weighted by molar-refractivity contribution is 0.0818. The molecule has 0 aliphatic carbocycles. The van der Waals surface area contributed by atoms with Gasteiger partial charge in [0.2, 0.25) is 0 Å². The van der Waals surface area contributed by atoms with Crippen LogP contribution in [-0.4, -0.2) is 46.0 Å². The Kier molecular flexibility index (Phi) is 6.26. The first-order valence-electron chi connectivity index (χ1n) is 7.62. The largest absolute Gasteiger partial charge is 0.491 e. The number of halogens is 1. The predicted octanol–water partition coefficient (Wildman–Crippen LogP) is 2.29. The standard InChI is InChI=1S/C16H25FN2O2/c1-13(2)12-20-9-10-21-14-3-4-16(15(17)11-14)19-7-5-18-6-8-19/h3-4,11,13,18H,5-10,12H2,1-2H3. The van der Waals surface area contributed by atoms with Crippen LogP contribution < -0.4 is 15.0 Å². The predicted molar refractivity (Wildman–Crippen MR) is 82.6 cm³/mol. The van der Waals surface area contributed by atoms with Gasteiger partial charge < -0.3 is 19.7 Å². The third-order valence-corrected chi connectivity index (χ3v) is 3.32. The van der Waals surface area contributed by atoms with Crippen molar-refractivity contribution in [2.24, 2.45) is 5.92 Å². The van der Waals surface area contributed by atoms with Gasteiger partial charge in [0.15, 0.2) is 0 Å². The lowest BCUT2D eigenvalue weighted by Gasteiger charge is -2.29. The summed E-state index contributed by atoms with van der Waals surface area (Å²) in [6, 6.07) is 5.08. The molecule has 1 fully saturated rings. The Bertz CT molecular complexity index is 434. The summed E-state index contributed by atoms with van der Waals surface area (Å²) in [5.74, 6) is 0.845. The zero-order valence-electron chi connectivity index (χ0n) is 12.9. The fourth-order valence-corrected chi connectivity index (χ4v) is 2.28. The van der Waals surface area contributed by atoms with Crippen LogP contribution in [0.25, 0.3) is 0 Å². The van der Waals surface area contributed by atoms with Crippen LogP contribution in [0.15, 0.2) is 18.2 Å².